The SMILES string of the molecule is CNc1nc(Oc2ccc(CO)cc2OC)c(Cl)cc1Cl. The van der Waals surface area contributed by atoms with Crippen LogP contribution < -0.4 is 14.8 Å². The lowest BCUT2D eigenvalue weighted by atomic mass is 10.2. The summed E-state index contributed by atoms with van der Waals surface area (Å²) < 4.78 is 10.9. The molecule has 0 spiro atoms. The van der Waals surface area contributed by atoms with Crippen molar-refractivity contribution in [2.45, 2.75) is 6.61 Å². The molecule has 0 saturated carbocycles. The van der Waals surface area contributed by atoms with Gasteiger partial charge in [-0.2, -0.15) is 4.98 Å². The molecular weight excluding hydrogens is 315 g/mol. The first-order valence-corrected chi connectivity index (χ1v) is 6.84. The van der Waals surface area contributed by atoms with Gasteiger partial charge in [0.25, 0.3) is 0 Å². The number of aromatic nitrogens is 1. The Morgan fingerprint density at radius 1 is 1.19 bits per heavy atom. The molecule has 0 radical (unpaired) electrons. The van der Waals surface area contributed by atoms with E-state index in [1.807, 2.05) is 0 Å². The van der Waals surface area contributed by atoms with Gasteiger partial charge in [-0.15, -0.1) is 0 Å². The van der Waals surface area contributed by atoms with Crippen LogP contribution in [0.5, 0.6) is 17.4 Å². The van der Waals surface area contributed by atoms with Crippen molar-refractivity contribution in [3.8, 4) is 17.4 Å². The smallest absolute Gasteiger partial charge is 0.240 e. The number of methoxy groups -OCH3 is 1. The van der Waals surface area contributed by atoms with Crippen LogP contribution in [0, 0.1) is 0 Å². The molecule has 1 heterocycles. The lowest BCUT2D eigenvalue weighted by Crippen LogP contribution is -1.98. The lowest BCUT2D eigenvalue weighted by molar-refractivity contribution is 0.280. The van der Waals surface area contributed by atoms with Crippen LogP contribution in [0.15, 0.2) is 24.3 Å². The monoisotopic (exact) mass is 328 g/mol. The largest absolute Gasteiger partial charge is 0.493 e. The normalized spacial score (nSPS) is 10.3. The Labute approximate surface area is 132 Å². The van der Waals surface area contributed by atoms with Crippen molar-refractivity contribution in [2.75, 3.05) is 19.5 Å². The first-order chi connectivity index (χ1) is 10.1. The zero-order valence-electron chi connectivity index (χ0n) is 11.5. The highest BCUT2D eigenvalue weighted by molar-refractivity contribution is 6.36. The fourth-order valence-corrected chi connectivity index (χ4v) is 2.19. The number of pyridine rings is 1. The van der Waals surface area contributed by atoms with Gasteiger partial charge in [0.2, 0.25) is 5.88 Å². The third-order valence-corrected chi connectivity index (χ3v) is 3.31. The summed E-state index contributed by atoms with van der Waals surface area (Å²) in [5.74, 6) is 1.58. The van der Waals surface area contributed by atoms with Gasteiger partial charge < -0.3 is 19.9 Å². The number of hydrogen-bond acceptors (Lipinski definition) is 5. The molecule has 0 aliphatic carbocycles. The molecule has 2 aromatic rings. The predicted octanol–water partition coefficient (Wildman–Crippen LogP) is 3.72. The molecule has 1 aromatic carbocycles. The minimum Gasteiger partial charge on any atom is -0.493 e. The third-order valence-electron chi connectivity index (χ3n) is 2.75. The van der Waals surface area contributed by atoms with Crippen LogP contribution in [0.2, 0.25) is 10.0 Å². The molecule has 0 fully saturated rings. The number of ether oxygens (including phenoxy) is 2. The Morgan fingerprint density at radius 3 is 2.57 bits per heavy atom. The molecule has 2 rings (SSSR count). The number of aliphatic hydroxyl groups excluding tert-OH is 1. The molecule has 0 aliphatic heterocycles. The van der Waals surface area contributed by atoms with E-state index in [0.29, 0.717) is 27.9 Å². The number of nitrogens with zero attached hydrogens (tertiary/aromatic N) is 1. The van der Waals surface area contributed by atoms with Crippen LogP contribution in [0.1, 0.15) is 5.56 Å². The standard InChI is InChI=1S/C14H14Cl2N2O3/c1-17-13-9(15)6-10(16)14(18-13)21-11-4-3-8(7-19)5-12(11)20-2/h3-6,19H,7H2,1-2H3,(H,17,18). The van der Waals surface area contributed by atoms with E-state index in [9.17, 15) is 0 Å². The molecule has 5 nitrogen and oxygen atoms in total. The van der Waals surface area contributed by atoms with E-state index in [1.54, 1.807) is 31.3 Å². The maximum atomic E-state index is 9.13. The van der Waals surface area contributed by atoms with Crippen LogP contribution in [-0.2, 0) is 6.61 Å². The van der Waals surface area contributed by atoms with Crippen LogP contribution in [0.3, 0.4) is 0 Å². The molecule has 0 bridgehead atoms. The zero-order valence-corrected chi connectivity index (χ0v) is 13.0. The van der Waals surface area contributed by atoms with Crippen LogP contribution in [-0.4, -0.2) is 24.2 Å². The van der Waals surface area contributed by atoms with Gasteiger partial charge in [0, 0.05) is 7.05 Å². The van der Waals surface area contributed by atoms with Crippen LogP contribution in [0.25, 0.3) is 0 Å². The molecule has 21 heavy (non-hydrogen) atoms. The maximum Gasteiger partial charge on any atom is 0.240 e. The number of hydrogen-bond donors (Lipinski definition) is 2. The Bertz CT molecular complexity index is 650. The van der Waals surface area contributed by atoms with E-state index in [-0.39, 0.29) is 17.5 Å². The highest BCUT2D eigenvalue weighted by Crippen LogP contribution is 2.37. The fourth-order valence-electron chi connectivity index (χ4n) is 1.70. The highest BCUT2D eigenvalue weighted by Gasteiger charge is 2.13. The average molecular weight is 329 g/mol. The molecule has 0 unspecified atom stereocenters. The Hall–Kier alpha value is -1.69. The topological polar surface area (TPSA) is 63.6 Å². The van der Waals surface area contributed by atoms with Gasteiger partial charge in [-0.3, -0.25) is 0 Å². The van der Waals surface area contributed by atoms with Gasteiger partial charge in [-0.1, -0.05) is 29.3 Å². The Morgan fingerprint density at radius 2 is 1.95 bits per heavy atom. The lowest BCUT2D eigenvalue weighted by Gasteiger charge is -2.13. The average Bonchev–Trinajstić information content (AvgIpc) is 2.50. The molecule has 0 saturated heterocycles. The van der Waals surface area contributed by atoms with Gasteiger partial charge in [0.05, 0.1) is 18.7 Å². The zero-order chi connectivity index (χ0) is 15.4. The fraction of sp³-hybridized carbons (Fsp3) is 0.214. The number of anilines is 1. The molecule has 0 atom stereocenters. The van der Waals surface area contributed by atoms with Gasteiger partial charge in [-0.25, -0.2) is 0 Å². The second-order valence-corrected chi connectivity index (χ2v) is 4.92. The first-order valence-electron chi connectivity index (χ1n) is 6.08. The molecule has 112 valence electrons. The first kappa shape index (κ1) is 15.7. The van der Waals surface area contributed by atoms with Crippen molar-refractivity contribution >= 4 is 29.0 Å². The summed E-state index contributed by atoms with van der Waals surface area (Å²) >= 11 is 12.1. The summed E-state index contributed by atoms with van der Waals surface area (Å²) in [6.45, 7) is -0.0828. The van der Waals surface area contributed by atoms with Crippen molar-refractivity contribution in [1.82, 2.24) is 4.98 Å². The minimum atomic E-state index is -0.0828. The Kier molecular flexibility index (Phi) is 5.12. The molecule has 7 heteroatoms. The van der Waals surface area contributed by atoms with Crippen molar-refractivity contribution < 1.29 is 14.6 Å². The summed E-state index contributed by atoms with van der Waals surface area (Å²) in [6.07, 6.45) is 0. The number of benzene rings is 1. The van der Waals surface area contributed by atoms with Crippen molar-refractivity contribution in [3.63, 3.8) is 0 Å². The Balaban J connectivity index is 2.38. The number of aliphatic hydroxyl groups is 1. The summed E-state index contributed by atoms with van der Waals surface area (Å²) in [5.41, 5.74) is 0.713. The second-order valence-electron chi connectivity index (χ2n) is 4.10. The van der Waals surface area contributed by atoms with Crippen LogP contribution >= 0.6 is 23.2 Å². The predicted molar refractivity (Wildman–Crippen MR) is 82.8 cm³/mol. The molecule has 0 aliphatic rings. The van der Waals surface area contributed by atoms with E-state index in [1.165, 1.54) is 7.11 Å². The number of halogens is 2. The summed E-state index contributed by atoms with van der Waals surface area (Å²) in [7, 11) is 3.21. The van der Waals surface area contributed by atoms with Crippen molar-refractivity contribution in [2.24, 2.45) is 0 Å². The van der Waals surface area contributed by atoms with Crippen LogP contribution in [0.4, 0.5) is 5.82 Å². The van der Waals surface area contributed by atoms with E-state index in [2.05, 4.69) is 10.3 Å². The summed E-state index contributed by atoms with van der Waals surface area (Å²) in [6, 6.07) is 6.63. The molecule has 2 N–H and O–H groups in total. The molecule has 0 amide bonds. The van der Waals surface area contributed by atoms with E-state index < -0.39 is 0 Å². The second kappa shape index (κ2) is 6.85. The van der Waals surface area contributed by atoms with Gasteiger partial charge in [0.15, 0.2) is 11.5 Å². The summed E-state index contributed by atoms with van der Waals surface area (Å²) in [4.78, 5) is 4.20. The highest BCUT2D eigenvalue weighted by atomic mass is 35.5. The van der Waals surface area contributed by atoms with Gasteiger partial charge >= 0.3 is 0 Å². The van der Waals surface area contributed by atoms with E-state index in [0.717, 1.165) is 0 Å². The summed E-state index contributed by atoms with van der Waals surface area (Å²) in [5, 5.41) is 12.7. The minimum absolute atomic E-state index is 0.0828. The molecular formula is C14H14Cl2N2O3. The van der Waals surface area contributed by atoms with E-state index in [4.69, 9.17) is 37.8 Å². The van der Waals surface area contributed by atoms with Gasteiger partial charge in [-0.05, 0) is 23.8 Å². The van der Waals surface area contributed by atoms with Gasteiger partial charge in [0.1, 0.15) is 10.8 Å². The number of rotatable bonds is 5. The van der Waals surface area contributed by atoms with Crippen molar-refractivity contribution in [1.29, 1.82) is 0 Å². The maximum absolute atomic E-state index is 9.13. The van der Waals surface area contributed by atoms with Crippen molar-refractivity contribution in [3.05, 3.63) is 39.9 Å². The molecule has 1 aromatic heterocycles. The third kappa shape index (κ3) is 3.50. The van der Waals surface area contributed by atoms with E-state index >= 15 is 0 Å². The quantitative estimate of drug-likeness (QED) is 0.875. The number of nitrogens with one attached hydrogen (secondary N) is 1.